The molecule has 0 spiro atoms. The molecule has 15 heavy (non-hydrogen) atoms. The van der Waals surface area contributed by atoms with Crippen LogP contribution in [0.1, 0.15) is 0 Å². The number of thiocarbonyl (C=S) groups is 1. The van der Waals surface area contributed by atoms with E-state index in [4.69, 9.17) is 23.8 Å². The first-order valence-corrected chi connectivity index (χ1v) is 4.82. The molecule has 0 bridgehead atoms. The maximum atomic E-state index is 10.8. The van der Waals surface area contributed by atoms with E-state index in [0.717, 1.165) is 0 Å². The minimum Gasteiger partial charge on any atom is -0.453 e. The molecule has 0 radical (unpaired) electrons. The van der Waals surface area contributed by atoms with Crippen LogP contribution in [0.3, 0.4) is 0 Å². The van der Waals surface area contributed by atoms with Crippen molar-refractivity contribution in [3.63, 3.8) is 0 Å². The monoisotopic (exact) mass is 244 g/mol. The molecule has 0 atom stereocenters. The zero-order valence-corrected chi connectivity index (χ0v) is 9.48. The number of anilines is 1. The van der Waals surface area contributed by atoms with E-state index in [1.165, 1.54) is 7.11 Å². The lowest BCUT2D eigenvalue weighted by Gasteiger charge is -2.08. The molecule has 4 nitrogen and oxygen atoms in total. The van der Waals surface area contributed by atoms with Crippen molar-refractivity contribution in [3.05, 3.63) is 29.3 Å². The van der Waals surface area contributed by atoms with Crippen LogP contribution in [0.5, 0.6) is 0 Å². The zero-order chi connectivity index (χ0) is 11.3. The molecule has 0 saturated heterocycles. The van der Waals surface area contributed by atoms with Gasteiger partial charge in [0.25, 0.3) is 0 Å². The van der Waals surface area contributed by atoms with Crippen molar-refractivity contribution in [2.45, 2.75) is 0 Å². The number of ether oxygens (including phenoxy) is 1. The fraction of sp³-hybridized carbons (Fsp3) is 0.111. The van der Waals surface area contributed by atoms with Crippen molar-refractivity contribution < 1.29 is 9.53 Å². The Kier molecular flexibility index (Phi) is 4.33. The van der Waals surface area contributed by atoms with Gasteiger partial charge in [0.1, 0.15) is 0 Å². The van der Waals surface area contributed by atoms with Crippen LogP contribution >= 0.6 is 23.8 Å². The van der Waals surface area contributed by atoms with Crippen molar-refractivity contribution in [1.82, 2.24) is 5.32 Å². The molecule has 80 valence electrons. The molecule has 0 aromatic heterocycles. The second-order valence-electron chi connectivity index (χ2n) is 2.58. The Morgan fingerprint density at radius 3 is 2.87 bits per heavy atom. The molecule has 1 aromatic carbocycles. The number of hydrogen-bond donors (Lipinski definition) is 2. The molecular weight excluding hydrogens is 236 g/mol. The van der Waals surface area contributed by atoms with Gasteiger partial charge in [-0.3, -0.25) is 5.32 Å². The largest absolute Gasteiger partial charge is 0.453 e. The molecule has 0 heterocycles. The maximum absolute atomic E-state index is 10.8. The number of rotatable bonds is 1. The quantitative estimate of drug-likeness (QED) is 0.745. The topological polar surface area (TPSA) is 50.4 Å². The van der Waals surface area contributed by atoms with Gasteiger partial charge in [0.15, 0.2) is 5.11 Å². The Morgan fingerprint density at radius 1 is 1.53 bits per heavy atom. The average Bonchev–Trinajstić information content (AvgIpc) is 2.17. The van der Waals surface area contributed by atoms with E-state index in [9.17, 15) is 4.79 Å². The number of nitrogens with one attached hydrogen (secondary N) is 2. The Labute approximate surface area is 97.6 Å². The van der Waals surface area contributed by atoms with Gasteiger partial charge < -0.3 is 10.1 Å². The van der Waals surface area contributed by atoms with Gasteiger partial charge in [-0.15, -0.1) is 0 Å². The molecule has 1 amide bonds. The summed E-state index contributed by atoms with van der Waals surface area (Å²) in [5.41, 5.74) is 0.698. The predicted octanol–water partition coefficient (Wildman–Crippen LogP) is 2.39. The summed E-state index contributed by atoms with van der Waals surface area (Å²) in [6.45, 7) is 0. The summed E-state index contributed by atoms with van der Waals surface area (Å²) >= 11 is 10.6. The summed E-state index contributed by atoms with van der Waals surface area (Å²) in [4.78, 5) is 10.8. The molecule has 6 heteroatoms. The van der Waals surface area contributed by atoms with Gasteiger partial charge in [-0.1, -0.05) is 17.7 Å². The minimum absolute atomic E-state index is 0.157. The molecule has 0 aliphatic rings. The van der Waals surface area contributed by atoms with Crippen LogP contribution in [0.4, 0.5) is 10.5 Å². The van der Waals surface area contributed by atoms with Crippen LogP contribution in [-0.2, 0) is 4.74 Å². The summed E-state index contributed by atoms with van der Waals surface area (Å²) in [7, 11) is 1.26. The number of alkyl carbamates (subject to hydrolysis) is 1. The smallest absolute Gasteiger partial charge is 0.413 e. The maximum Gasteiger partial charge on any atom is 0.413 e. The van der Waals surface area contributed by atoms with Gasteiger partial charge in [0.2, 0.25) is 0 Å². The summed E-state index contributed by atoms with van der Waals surface area (Å²) in [6, 6.07) is 6.97. The van der Waals surface area contributed by atoms with Gasteiger partial charge >= 0.3 is 6.09 Å². The fourth-order valence-corrected chi connectivity index (χ4v) is 1.26. The van der Waals surface area contributed by atoms with E-state index in [0.29, 0.717) is 10.7 Å². The lowest BCUT2D eigenvalue weighted by molar-refractivity contribution is 0.177. The Balaban J connectivity index is 2.55. The van der Waals surface area contributed by atoms with Crippen molar-refractivity contribution in [1.29, 1.82) is 0 Å². The normalized spacial score (nSPS) is 9.20. The highest BCUT2D eigenvalue weighted by molar-refractivity contribution is 7.80. The summed E-state index contributed by atoms with van der Waals surface area (Å²) in [5, 5.41) is 5.84. The first-order valence-electron chi connectivity index (χ1n) is 4.03. The molecule has 0 aliphatic carbocycles. The number of carbonyl (C=O) groups excluding carboxylic acids is 1. The number of benzene rings is 1. The lowest BCUT2D eigenvalue weighted by Crippen LogP contribution is -2.33. The van der Waals surface area contributed by atoms with Crippen molar-refractivity contribution in [2.24, 2.45) is 0 Å². The van der Waals surface area contributed by atoms with E-state index < -0.39 is 6.09 Å². The number of amides is 1. The Hall–Kier alpha value is -1.33. The Morgan fingerprint density at radius 2 is 2.27 bits per heavy atom. The van der Waals surface area contributed by atoms with Crippen LogP contribution < -0.4 is 10.6 Å². The van der Waals surface area contributed by atoms with Crippen LogP contribution in [-0.4, -0.2) is 18.3 Å². The molecule has 0 fully saturated rings. The van der Waals surface area contributed by atoms with Gasteiger partial charge in [-0.2, -0.15) is 0 Å². The molecule has 2 N–H and O–H groups in total. The van der Waals surface area contributed by atoms with Crippen LogP contribution in [0.15, 0.2) is 24.3 Å². The van der Waals surface area contributed by atoms with Gasteiger partial charge in [-0.05, 0) is 30.4 Å². The predicted molar refractivity (Wildman–Crippen MR) is 63.2 cm³/mol. The number of carbonyl (C=O) groups is 1. The number of halogens is 1. The van der Waals surface area contributed by atoms with Gasteiger partial charge in [0.05, 0.1) is 7.11 Å². The average molecular weight is 245 g/mol. The first kappa shape index (κ1) is 11.7. The third-order valence-corrected chi connectivity index (χ3v) is 1.92. The van der Waals surface area contributed by atoms with Crippen LogP contribution in [0, 0.1) is 0 Å². The highest BCUT2D eigenvalue weighted by Crippen LogP contribution is 2.14. The third-order valence-electron chi connectivity index (χ3n) is 1.48. The number of methoxy groups -OCH3 is 1. The molecule has 1 rings (SSSR count). The summed E-state index contributed by atoms with van der Waals surface area (Å²) in [6.07, 6.45) is -0.616. The molecule has 0 aliphatic heterocycles. The van der Waals surface area contributed by atoms with Crippen molar-refractivity contribution in [2.75, 3.05) is 12.4 Å². The number of hydrogen-bond acceptors (Lipinski definition) is 3. The van der Waals surface area contributed by atoms with E-state index >= 15 is 0 Å². The third kappa shape index (κ3) is 4.14. The van der Waals surface area contributed by atoms with Gasteiger partial charge in [-0.25, -0.2) is 4.79 Å². The highest BCUT2D eigenvalue weighted by atomic mass is 35.5. The lowest BCUT2D eigenvalue weighted by atomic mass is 10.3. The van der Waals surface area contributed by atoms with Crippen molar-refractivity contribution in [3.8, 4) is 0 Å². The van der Waals surface area contributed by atoms with Crippen LogP contribution in [0.25, 0.3) is 0 Å². The summed E-state index contributed by atoms with van der Waals surface area (Å²) in [5.74, 6) is 0. The minimum atomic E-state index is -0.616. The van der Waals surface area contributed by atoms with E-state index in [-0.39, 0.29) is 5.11 Å². The molecule has 1 aromatic rings. The first-order chi connectivity index (χ1) is 7.11. The zero-order valence-electron chi connectivity index (χ0n) is 7.91. The molecule has 0 unspecified atom stereocenters. The van der Waals surface area contributed by atoms with E-state index in [2.05, 4.69) is 15.4 Å². The van der Waals surface area contributed by atoms with Gasteiger partial charge in [0, 0.05) is 10.7 Å². The molecular formula is C9H9ClN2O2S. The van der Waals surface area contributed by atoms with Crippen LogP contribution in [0.2, 0.25) is 5.02 Å². The SMILES string of the molecule is COC(=O)NC(=S)Nc1cccc(Cl)c1. The van der Waals surface area contributed by atoms with E-state index in [1.54, 1.807) is 24.3 Å². The standard InChI is InChI=1S/C9H9ClN2O2S/c1-14-9(13)12-8(15)11-7-4-2-3-6(10)5-7/h2-5H,1H3,(H2,11,12,13,15). The van der Waals surface area contributed by atoms with E-state index in [1.807, 2.05) is 0 Å². The molecule has 0 saturated carbocycles. The van der Waals surface area contributed by atoms with Crippen molar-refractivity contribution >= 4 is 40.7 Å². The second kappa shape index (κ2) is 5.53. The second-order valence-corrected chi connectivity index (χ2v) is 3.43. The fourth-order valence-electron chi connectivity index (χ4n) is 0.872. The summed E-state index contributed by atoms with van der Waals surface area (Å²) < 4.78 is 4.38. The highest BCUT2D eigenvalue weighted by Gasteiger charge is 2.03. The Bertz CT molecular complexity index is 384.